The third kappa shape index (κ3) is 6.70. The highest BCUT2D eigenvalue weighted by atomic mass is 16.5. The highest BCUT2D eigenvalue weighted by molar-refractivity contribution is 6.35. The van der Waals surface area contributed by atoms with Crippen LogP contribution in [-0.2, 0) is 9.59 Å². The maximum absolute atomic E-state index is 12.1. The molecule has 3 N–H and O–H groups in total. The Morgan fingerprint density at radius 2 is 1.72 bits per heavy atom. The SMILES string of the molecule is CCCOc1ccc(C(=O)NNC(=O)C(=O)NC(C)C)cc1OCC. The zero-order valence-electron chi connectivity index (χ0n) is 15.0. The van der Waals surface area contributed by atoms with Crippen molar-refractivity contribution in [1.82, 2.24) is 16.2 Å². The summed E-state index contributed by atoms with van der Waals surface area (Å²) >= 11 is 0. The highest BCUT2D eigenvalue weighted by Crippen LogP contribution is 2.28. The van der Waals surface area contributed by atoms with Gasteiger partial charge in [-0.05, 0) is 45.4 Å². The molecule has 8 nitrogen and oxygen atoms in total. The van der Waals surface area contributed by atoms with E-state index in [1.807, 2.05) is 13.8 Å². The normalized spacial score (nSPS) is 10.1. The molecule has 0 spiro atoms. The maximum atomic E-state index is 12.1. The average Bonchev–Trinajstić information content (AvgIpc) is 2.57. The second-order valence-electron chi connectivity index (χ2n) is 5.48. The highest BCUT2D eigenvalue weighted by Gasteiger charge is 2.16. The van der Waals surface area contributed by atoms with Gasteiger partial charge in [-0.1, -0.05) is 6.92 Å². The van der Waals surface area contributed by atoms with E-state index in [1.54, 1.807) is 26.0 Å². The number of hydrogen-bond acceptors (Lipinski definition) is 5. The maximum Gasteiger partial charge on any atom is 0.327 e. The number of nitrogens with one attached hydrogen (secondary N) is 3. The van der Waals surface area contributed by atoms with E-state index >= 15 is 0 Å². The van der Waals surface area contributed by atoms with E-state index in [0.717, 1.165) is 6.42 Å². The molecule has 0 bridgehead atoms. The standard InChI is InChI=1S/C17H25N3O5/c1-5-9-25-13-8-7-12(10-14(13)24-6-2)15(21)19-20-17(23)16(22)18-11(3)4/h7-8,10-11H,5-6,9H2,1-4H3,(H,18,22)(H,19,21)(H,20,23). The molecule has 0 saturated heterocycles. The molecule has 8 heteroatoms. The Hall–Kier alpha value is -2.77. The monoisotopic (exact) mass is 351 g/mol. The molecule has 1 rings (SSSR count). The minimum absolute atomic E-state index is 0.182. The van der Waals surface area contributed by atoms with Gasteiger partial charge in [0.25, 0.3) is 5.91 Å². The topological polar surface area (TPSA) is 106 Å². The van der Waals surface area contributed by atoms with Crippen molar-refractivity contribution in [1.29, 1.82) is 0 Å². The zero-order valence-corrected chi connectivity index (χ0v) is 15.0. The molecular weight excluding hydrogens is 326 g/mol. The van der Waals surface area contributed by atoms with Gasteiger partial charge in [0, 0.05) is 11.6 Å². The van der Waals surface area contributed by atoms with Gasteiger partial charge in [0.05, 0.1) is 13.2 Å². The van der Waals surface area contributed by atoms with Crippen molar-refractivity contribution >= 4 is 17.7 Å². The van der Waals surface area contributed by atoms with E-state index in [-0.39, 0.29) is 11.6 Å². The van der Waals surface area contributed by atoms with Crippen molar-refractivity contribution in [2.24, 2.45) is 0 Å². The first-order chi connectivity index (χ1) is 11.9. The van der Waals surface area contributed by atoms with Crippen LogP contribution in [0.1, 0.15) is 44.5 Å². The van der Waals surface area contributed by atoms with Crippen molar-refractivity contribution in [3.8, 4) is 11.5 Å². The smallest absolute Gasteiger partial charge is 0.327 e. The summed E-state index contributed by atoms with van der Waals surface area (Å²) in [6.45, 7) is 8.21. The molecule has 0 radical (unpaired) electrons. The van der Waals surface area contributed by atoms with Crippen LogP contribution in [-0.4, -0.2) is 37.0 Å². The number of carbonyl (C=O) groups excluding carboxylic acids is 3. The van der Waals surface area contributed by atoms with Gasteiger partial charge in [0.1, 0.15) is 0 Å². The summed E-state index contributed by atoms with van der Waals surface area (Å²) in [5.41, 5.74) is 4.51. The van der Waals surface area contributed by atoms with Crippen LogP contribution in [0.2, 0.25) is 0 Å². The van der Waals surface area contributed by atoms with Crippen LogP contribution in [0.3, 0.4) is 0 Å². The van der Waals surface area contributed by atoms with E-state index in [2.05, 4.69) is 16.2 Å². The summed E-state index contributed by atoms with van der Waals surface area (Å²) in [4.78, 5) is 35.2. The molecule has 3 amide bonds. The molecule has 1 aromatic rings. The molecule has 25 heavy (non-hydrogen) atoms. The van der Waals surface area contributed by atoms with Gasteiger partial charge < -0.3 is 14.8 Å². The predicted molar refractivity (Wildman–Crippen MR) is 92.3 cm³/mol. The third-order valence-corrected chi connectivity index (χ3v) is 2.88. The number of amides is 3. The van der Waals surface area contributed by atoms with Gasteiger partial charge in [0.2, 0.25) is 0 Å². The molecule has 0 aromatic heterocycles. The van der Waals surface area contributed by atoms with Gasteiger partial charge in [-0.25, -0.2) is 0 Å². The minimum Gasteiger partial charge on any atom is -0.490 e. The predicted octanol–water partition coefficient (Wildman–Crippen LogP) is 1.16. The Kier molecular flexibility index (Phi) is 8.25. The Morgan fingerprint density at radius 1 is 1.00 bits per heavy atom. The first-order valence-corrected chi connectivity index (χ1v) is 8.19. The van der Waals surface area contributed by atoms with Crippen molar-refractivity contribution in [3.05, 3.63) is 23.8 Å². The van der Waals surface area contributed by atoms with Crippen molar-refractivity contribution in [3.63, 3.8) is 0 Å². The van der Waals surface area contributed by atoms with Crippen LogP contribution in [0, 0.1) is 0 Å². The molecule has 0 fully saturated rings. The zero-order chi connectivity index (χ0) is 18.8. The lowest BCUT2D eigenvalue weighted by molar-refractivity contribution is -0.139. The molecule has 0 saturated carbocycles. The van der Waals surface area contributed by atoms with Crippen LogP contribution in [0.25, 0.3) is 0 Å². The summed E-state index contributed by atoms with van der Waals surface area (Å²) in [7, 11) is 0. The van der Waals surface area contributed by atoms with E-state index < -0.39 is 17.7 Å². The first-order valence-electron chi connectivity index (χ1n) is 8.19. The fourth-order valence-electron chi connectivity index (χ4n) is 1.82. The third-order valence-electron chi connectivity index (χ3n) is 2.88. The fourth-order valence-corrected chi connectivity index (χ4v) is 1.82. The molecule has 0 aliphatic heterocycles. The quantitative estimate of drug-likeness (QED) is 0.505. The Balaban J connectivity index is 2.73. The largest absolute Gasteiger partial charge is 0.490 e. The second-order valence-corrected chi connectivity index (χ2v) is 5.48. The van der Waals surface area contributed by atoms with E-state index in [1.165, 1.54) is 6.07 Å². The number of hydrogen-bond donors (Lipinski definition) is 3. The molecule has 0 aliphatic rings. The Labute approximate surface area is 147 Å². The lowest BCUT2D eigenvalue weighted by Gasteiger charge is -2.13. The lowest BCUT2D eigenvalue weighted by atomic mass is 10.2. The number of hydrazine groups is 1. The summed E-state index contributed by atoms with van der Waals surface area (Å²) in [6.07, 6.45) is 0.846. The van der Waals surface area contributed by atoms with Crippen molar-refractivity contribution in [2.45, 2.75) is 40.2 Å². The molecule has 0 atom stereocenters. The summed E-state index contributed by atoms with van der Waals surface area (Å²) < 4.78 is 11.0. The molecule has 0 unspecified atom stereocenters. The van der Waals surface area contributed by atoms with Crippen molar-refractivity contribution < 1.29 is 23.9 Å². The Bertz CT molecular complexity index is 616. The molecule has 0 heterocycles. The number of carbonyl (C=O) groups is 3. The van der Waals surface area contributed by atoms with Gasteiger partial charge in [-0.2, -0.15) is 0 Å². The fraction of sp³-hybridized carbons (Fsp3) is 0.471. The first kappa shape index (κ1) is 20.3. The van der Waals surface area contributed by atoms with Crippen LogP contribution in [0.15, 0.2) is 18.2 Å². The molecule has 138 valence electrons. The number of benzene rings is 1. The summed E-state index contributed by atoms with van der Waals surface area (Å²) in [5, 5.41) is 2.42. The summed E-state index contributed by atoms with van der Waals surface area (Å²) in [6, 6.07) is 4.51. The van der Waals surface area contributed by atoms with Gasteiger partial charge >= 0.3 is 11.8 Å². The van der Waals surface area contributed by atoms with Crippen molar-refractivity contribution in [2.75, 3.05) is 13.2 Å². The Morgan fingerprint density at radius 3 is 2.32 bits per heavy atom. The van der Waals surface area contributed by atoms with Crippen LogP contribution in [0.4, 0.5) is 0 Å². The van der Waals surface area contributed by atoms with Gasteiger partial charge in [-0.15, -0.1) is 0 Å². The van der Waals surface area contributed by atoms with Crippen LogP contribution >= 0.6 is 0 Å². The van der Waals surface area contributed by atoms with Crippen LogP contribution in [0.5, 0.6) is 11.5 Å². The van der Waals surface area contributed by atoms with E-state index in [4.69, 9.17) is 9.47 Å². The van der Waals surface area contributed by atoms with Gasteiger partial charge in [-0.3, -0.25) is 25.2 Å². The van der Waals surface area contributed by atoms with Gasteiger partial charge in [0.15, 0.2) is 11.5 Å². The second kappa shape index (κ2) is 10.2. The molecule has 0 aliphatic carbocycles. The molecular formula is C17H25N3O5. The molecule has 1 aromatic carbocycles. The number of rotatable bonds is 7. The van der Waals surface area contributed by atoms with Crippen LogP contribution < -0.4 is 25.6 Å². The number of ether oxygens (including phenoxy) is 2. The minimum atomic E-state index is -0.949. The van der Waals surface area contributed by atoms with E-state index in [9.17, 15) is 14.4 Å². The lowest BCUT2D eigenvalue weighted by Crippen LogP contribution is -2.49. The average molecular weight is 351 g/mol. The summed E-state index contributed by atoms with van der Waals surface area (Å²) in [5.74, 6) is -1.37. The van der Waals surface area contributed by atoms with E-state index in [0.29, 0.717) is 24.7 Å².